The fraction of sp³-hybridized carbons (Fsp3) is 0.630. The number of ether oxygens (including phenoxy) is 3. The molecule has 0 heterocycles. The van der Waals surface area contributed by atoms with Gasteiger partial charge in [0.2, 0.25) is 0 Å². The van der Waals surface area contributed by atoms with Crippen LogP contribution >= 0.6 is 0 Å². The normalized spacial score (nSPS) is 13.1. The van der Waals surface area contributed by atoms with E-state index in [-0.39, 0.29) is 44.0 Å². The van der Waals surface area contributed by atoms with Crippen molar-refractivity contribution in [3.8, 4) is 0 Å². The molecular formula is C73H118O6. The highest BCUT2D eigenvalue weighted by molar-refractivity contribution is 5.71. The molecule has 0 amide bonds. The Balaban J connectivity index is 4.54. The van der Waals surface area contributed by atoms with Gasteiger partial charge < -0.3 is 14.2 Å². The summed E-state index contributed by atoms with van der Waals surface area (Å²) in [5.41, 5.74) is 0. The fourth-order valence-corrected chi connectivity index (χ4v) is 8.59. The molecular weight excluding hydrogens is 973 g/mol. The van der Waals surface area contributed by atoms with Crippen LogP contribution in [0.2, 0.25) is 0 Å². The Morgan fingerprint density at radius 3 is 0.759 bits per heavy atom. The molecule has 0 fully saturated rings. The Hall–Kier alpha value is -4.71. The van der Waals surface area contributed by atoms with E-state index in [0.717, 1.165) is 109 Å². The molecule has 6 heteroatoms. The molecule has 1 unspecified atom stereocenters. The molecule has 6 nitrogen and oxygen atoms in total. The Bertz CT molecular complexity index is 1730. The molecule has 0 saturated carbocycles. The standard InChI is InChI=1S/C73H118O6/c1-4-7-10-13-16-19-22-25-28-31-33-35-36-38-39-42-45-48-51-54-57-60-63-66-72(75)78-69-70(68-77-71(74)65-62-59-56-53-50-47-44-41-30-27-24-21-18-15-12-9-6-3)79-73(76)67-64-61-58-55-52-49-46-43-40-37-34-32-29-26-23-20-17-14-11-8-5-2/h7,9-10,12,16,18-19,21,25,27-28,30,33,35,38-39,44-45,47-48,53-54,56-57,70H,4-6,8,11,13-15,17,20,22-24,26,29,31-32,34,36-37,40-43,46,49-52,55,58-69H2,1-3H3/b10-7-,12-9-,19-16-,21-18-,28-25-,30-27-,35-33-,39-38-,47-44-,48-45-,56-53-,57-54-. The Morgan fingerprint density at radius 1 is 0.266 bits per heavy atom. The van der Waals surface area contributed by atoms with E-state index in [1.807, 2.05) is 0 Å². The summed E-state index contributed by atoms with van der Waals surface area (Å²) in [7, 11) is 0. The van der Waals surface area contributed by atoms with Gasteiger partial charge in [-0.25, -0.2) is 0 Å². The van der Waals surface area contributed by atoms with E-state index in [1.54, 1.807) is 0 Å². The largest absolute Gasteiger partial charge is 0.462 e. The van der Waals surface area contributed by atoms with Crippen molar-refractivity contribution in [2.24, 2.45) is 0 Å². The molecule has 1 atom stereocenters. The number of hydrogen-bond acceptors (Lipinski definition) is 6. The second kappa shape index (κ2) is 65.8. The molecule has 446 valence electrons. The average molecular weight is 1090 g/mol. The van der Waals surface area contributed by atoms with Crippen LogP contribution in [0.5, 0.6) is 0 Å². The van der Waals surface area contributed by atoms with Gasteiger partial charge in [-0.2, -0.15) is 0 Å². The number of carbonyl (C=O) groups is 3. The van der Waals surface area contributed by atoms with E-state index in [4.69, 9.17) is 14.2 Å². The van der Waals surface area contributed by atoms with Crippen LogP contribution in [0.1, 0.15) is 278 Å². The topological polar surface area (TPSA) is 78.9 Å². The van der Waals surface area contributed by atoms with Crippen molar-refractivity contribution in [2.75, 3.05) is 13.2 Å². The minimum atomic E-state index is -0.831. The number of carbonyl (C=O) groups excluding carboxylic acids is 3. The summed E-state index contributed by atoms with van der Waals surface area (Å²) in [6.07, 6.45) is 94.4. The van der Waals surface area contributed by atoms with Crippen LogP contribution in [-0.2, 0) is 28.6 Å². The lowest BCUT2D eigenvalue weighted by atomic mass is 10.0. The lowest BCUT2D eigenvalue weighted by molar-refractivity contribution is -0.167. The van der Waals surface area contributed by atoms with Gasteiger partial charge in [-0.05, 0) is 109 Å². The monoisotopic (exact) mass is 1090 g/mol. The molecule has 0 saturated heterocycles. The third-order valence-electron chi connectivity index (χ3n) is 13.3. The maximum Gasteiger partial charge on any atom is 0.306 e. The van der Waals surface area contributed by atoms with Crippen LogP contribution in [-0.4, -0.2) is 37.2 Å². The third kappa shape index (κ3) is 64.0. The molecule has 0 aromatic rings. The summed E-state index contributed by atoms with van der Waals surface area (Å²) in [5, 5.41) is 0. The first-order chi connectivity index (χ1) is 39.0. The van der Waals surface area contributed by atoms with Crippen molar-refractivity contribution in [3.05, 3.63) is 146 Å². The van der Waals surface area contributed by atoms with Gasteiger partial charge in [0.1, 0.15) is 13.2 Å². The first kappa shape index (κ1) is 74.3. The summed E-state index contributed by atoms with van der Waals surface area (Å²) >= 11 is 0. The SMILES string of the molecule is CC/C=C\C/C=C\C/C=C\C/C=C\C/C=C\C/C=C\C/C=C\CCCC(=O)OCC(COC(=O)CCC/C=C\C/C=C\C/C=C\C/C=C\C/C=C\CC)OC(=O)CCCCCCCCCCCCCCCCCCCCCCC. The van der Waals surface area contributed by atoms with E-state index >= 15 is 0 Å². The molecule has 0 N–H and O–H groups in total. The molecule has 0 aromatic carbocycles. The van der Waals surface area contributed by atoms with Crippen LogP contribution in [0.15, 0.2) is 146 Å². The molecule has 79 heavy (non-hydrogen) atoms. The molecule has 0 aliphatic rings. The lowest BCUT2D eigenvalue weighted by Gasteiger charge is -2.18. The number of rotatable bonds is 57. The minimum absolute atomic E-state index is 0.129. The highest BCUT2D eigenvalue weighted by atomic mass is 16.6. The molecule has 0 aliphatic heterocycles. The van der Waals surface area contributed by atoms with E-state index in [9.17, 15) is 14.4 Å². The van der Waals surface area contributed by atoms with E-state index in [2.05, 4.69) is 167 Å². The van der Waals surface area contributed by atoms with Crippen molar-refractivity contribution >= 4 is 17.9 Å². The first-order valence-corrected chi connectivity index (χ1v) is 32.3. The van der Waals surface area contributed by atoms with Gasteiger partial charge in [-0.15, -0.1) is 0 Å². The van der Waals surface area contributed by atoms with Crippen LogP contribution in [0.3, 0.4) is 0 Å². The maximum atomic E-state index is 12.9. The highest BCUT2D eigenvalue weighted by Crippen LogP contribution is 2.16. The van der Waals surface area contributed by atoms with Gasteiger partial charge in [-0.3, -0.25) is 14.4 Å². The van der Waals surface area contributed by atoms with E-state index in [1.165, 1.54) is 116 Å². The van der Waals surface area contributed by atoms with Crippen molar-refractivity contribution in [1.82, 2.24) is 0 Å². The molecule has 0 bridgehead atoms. The van der Waals surface area contributed by atoms with E-state index in [0.29, 0.717) is 19.3 Å². The highest BCUT2D eigenvalue weighted by Gasteiger charge is 2.19. The third-order valence-corrected chi connectivity index (χ3v) is 13.3. The van der Waals surface area contributed by atoms with Crippen LogP contribution in [0, 0.1) is 0 Å². The minimum Gasteiger partial charge on any atom is -0.462 e. The summed E-state index contributed by atoms with van der Waals surface area (Å²) < 4.78 is 16.8. The Morgan fingerprint density at radius 2 is 0.494 bits per heavy atom. The second-order valence-electron chi connectivity index (χ2n) is 20.9. The fourth-order valence-electron chi connectivity index (χ4n) is 8.59. The zero-order chi connectivity index (χ0) is 57.1. The second-order valence-corrected chi connectivity index (χ2v) is 20.9. The molecule has 0 aromatic heterocycles. The average Bonchev–Trinajstić information content (AvgIpc) is 3.45. The quantitative estimate of drug-likeness (QED) is 0.0261. The zero-order valence-electron chi connectivity index (χ0n) is 51.1. The number of allylic oxidation sites excluding steroid dienone is 24. The van der Waals surface area contributed by atoms with Crippen molar-refractivity contribution in [2.45, 2.75) is 284 Å². The molecule has 0 spiro atoms. The van der Waals surface area contributed by atoms with Crippen molar-refractivity contribution in [3.63, 3.8) is 0 Å². The van der Waals surface area contributed by atoms with Gasteiger partial charge in [0.15, 0.2) is 6.10 Å². The van der Waals surface area contributed by atoms with Crippen molar-refractivity contribution < 1.29 is 28.6 Å². The summed E-state index contributed by atoms with van der Waals surface area (Å²) in [5.74, 6) is -1.04. The van der Waals surface area contributed by atoms with Crippen LogP contribution < -0.4 is 0 Å². The number of hydrogen-bond donors (Lipinski definition) is 0. The van der Waals surface area contributed by atoms with Gasteiger partial charge in [-0.1, -0.05) is 295 Å². The lowest BCUT2D eigenvalue weighted by Crippen LogP contribution is -2.30. The number of esters is 3. The van der Waals surface area contributed by atoms with Gasteiger partial charge >= 0.3 is 17.9 Å². The molecule has 0 rings (SSSR count). The zero-order valence-corrected chi connectivity index (χ0v) is 51.1. The Kier molecular flexibility index (Phi) is 61.9. The van der Waals surface area contributed by atoms with Crippen LogP contribution in [0.25, 0.3) is 0 Å². The predicted octanol–water partition coefficient (Wildman–Crippen LogP) is 22.3. The van der Waals surface area contributed by atoms with Crippen molar-refractivity contribution in [1.29, 1.82) is 0 Å². The molecule has 0 aliphatic carbocycles. The van der Waals surface area contributed by atoms with Gasteiger partial charge in [0.25, 0.3) is 0 Å². The summed E-state index contributed by atoms with van der Waals surface area (Å²) in [6, 6.07) is 0. The first-order valence-electron chi connectivity index (χ1n) is 32.3. The molecule has 0 radical (unpaired) electrons. The summed E-state index contributed by atoms with van der Waals surface area (Å²) in [6.45, 7) is 6.33. The van der Waals surface area contributed by atoms with Gasteiger partial charge in [0, 0.05) is 19.3 Å². The summed E-state index contributed by atoms with van der Waals surface area (Å²) in [4.78, 5) is 38.3. The predicted molar refractivity (Wildman–Crippen MR) is 343 cm³/mol. The Labute approximate surface area is 487 Å². The van der Waals surface area contributed by atoms with Gasteiger partial charge in [0.05, 0.1) is 0 Å². The number of unbranched alkanes of at least 4 members (excludes halogenated alkanes) is 22. The maximum absolute atomic E-state index is 12.9. The smallest absolute Gasteiger partial charge is 0.306 e. The van der Waals surface area contributed by atoms with Crippen LogP contribution in [0.4, 0.5) is 0 Å². The van der Waals surface area contributed by atoms with E-state index < -0.39 is 6.10 Å².